The molecule has 0 aliphatic heterocycles. The van der Waals surface area contributed by atoms with Gasteiger partial charge in [-0.1, -0.05) is 15.9 Å². The van der Waals surface area contributed by atoms with Crippen LogP contribution in [0.2, 0.25) is 0 Å². The highest BCUT2D eigenvalue weighted by Gasteiger charge is 2.05. The van der Waals surface area contributed by atoms with Gasteiger partial charge in [-0.15, -0.1) is 0 Å². The molecule has 2 aromatic rings. The molecule has 0 aliphatic rings. The van der Waals surface area contributed by atoms with Gasteiger partial charge < -0.3 is 15.2 Å². The van der Waals surface area contributed by atoms with Crippen molar-refractivity contribution in [3.05, 3.63) is 52.5 Å². The van der Waals surface area contributed by atoms with Gasteiger partial charge in [-0.05, 0) is 37.3 Å². The largest absolute Gasteiger partial charge is 0.491 e. The van der Waals surface area contributed by atoms with Crippen LogP contribution in [-0.2, 0) is 6.54 Å². The molecule has 0 bridgehead atoms. The molecule has 1 aromatic carbocycles. The van der Waals surface area contributed by atoms with Crippen molar-refractivity contribution in [1.29, 1.82) is 0 Å². The highest BCUT2D eigenvalue weighted by Crippen LogP contribution is 2.16. The van der Waals surface area contributed by atoms with Crippen LogP contribution in [0.1, 0.15) is 11.5 Å². The van der Waals surface area contributed by atoms with E-state index < -0.39 is 6.10 Å². The van der Waals surface area contributed by atoms with Crippen LogP contribution in [-0.4, -0.2) is 34.3 Å². The number of aromatic nitrogens is 2. The van der Waals surface area contributed by atoms with Crippen LogP contribution >= 0.6 is 15.9 Å². The third-order valence-electron chi connectivity index (χ3n) is 2.78. The van der Waals surface area contributed by atoms with Gasteiger partial charge in [0.05, 0.1) is 5.69 Å². The van der Waals surface area contributed by atoms with Crippen molar-refractivity contribution in [1.82, 2.24) is 15.3 Å². The van der Waals surface area contributed by atoms with Crippen molar-refractivity contribution in [3.8, 4) is 5.75 Å². The molecule has 112 valence electrons. The quantitative estimate of drug-likeness (QED) is 0.799. The number of aliphatic hydroxyl groups is 1. The molecule has 0 saturated heterocycles. The summed E-state index contributed by atoms with van der Waals surface area (Å²) in [7, 11) is 0. The Balaban J connectivity index is 1.67. The van der Waals surface area contributed by atoms with Gasteiger partial charge in [0, 0.05) is 23.8 Å². The average molecular weight is 352 g/mol. The molecule has 1 heterocycles. The summed E-state index contributed by atoms with van der Waals surface area (Å²) in [6.07, 6.45) is 1.16. The molecular formula is C15H18BrN3O2. The molecular weight excluding hydrogens is 334 g/mol. The molecule has 0 fully saturated rings. The van der Waals surface area contributed by atoms with Crippen LogP contribution in [0.4, 0.5) is 0 Å². The third kappa shape index (κ3) is 5.79. The topological polar surface area (TPSA) is 67.3 Å². The first-order valence-electron chi connectivity index (χ1n) is 6.69. The average Bonchev–Trinajstić information content (AvgIpc) is 2.47. The fourth-order valence-electron chi connectivity index (χ4n) is 1.75. The second kappa shape index (κ2) is 8.07. The summed E-state index contributed by atoms with van der Waals surface area (Å²) >= 11 is 3.36. The smallest absolute Gasteiger partial charge is 0.125 e. The van der Waals surface area contributed by atoms with Crippen LogP contribution in [0.25, 0.3) is 0 Å². The summed E-state index contributed by atoms with van der Waals surface area (Å²) < 4.78 is 6.51. The number of ether oxygens (including phenoxy) is 1. The first kappa shape index (κ1) is 15.9. The van der Waals surface area contributed by atoms with Crippen LogP contribution in [0, 0.1) is 6.92 Å². The van der Waals surface area contributed by atoms with Crippen molar-refractivity contribution in [3.63, 3.8) is 0 Å². The monoisotopic (exact) mass is 351 g/mol. The normalized spacial score (nSPS) is 12.1. The molecule has 0 radical (unpaired) electrons. The van der Waals surface area contributed by atoms with Gasteiger partial charge in [-0.3, -0.25) is 0 Å². The summed E-state index contributed by atoms with van der Waals surface area (Å²) in [4.78, 5) is 8.32. The lowest BCUT2D eigenvalue weighted by atomic mass is 10.3. The number of rotatable bonds is 7. The van der Waals surface area contributed by atoms with Gasteiger partial charge in [0.1, 0.15) is 24.3 Å². The molecule has 1 atom stereocenters. The Morgan fingerprint density at radius 2 is 2.05 bits per heavy atom. The van der Waals surface area contributed by atoms with Crippen molar-refractivity contribution in [2.24, 2.45) is 0 Å². The lowest BCUT2D eigenvalue weighted by Crippen LogP contribution is -2.31. The number of nitrogens with one attached hydrogen (secondary N) is 1. The number of benzene rings is 1. The number of nitrogens with zero attached hydrogens (tertiary/aromatic N) is 2. The van der Waals surface area contributed by atoms with E-state index in [1.807, 2.05) is 37.3 Å². The van der Waals surface area contributed by atoms with E-state index in [0.717, 1.165) is 21.7 Å². The summed E-state index contributed by atoms with van der Waals surface area (Å²) in [5.74, 6) is 1.48. The molecule has 6 heteroatoms. The molecule has 5 nitrogen and oxygen atoms in total. The van der Waals surface area contributed by atoms with E-state index in [-0.39, 0.29) is 6.61 Å². The number of aliphatic hydroxyl groups excluding tert-OH is 1. The molecule has 1 unspecified atom stereocenters. The first-order valence-corrected chi connectivity index (χ1v) is 7.48. The van der Waals surface area contributed by atoms with Crippen molar-refractivity contribution < 1.29 is 9.84 Å². The maximum atomic E-state index is 9.87. The van der Waals surface area contributed by atoms with Crippen LogP contribution < -0.4 is 10.1 Å². The minimum absolute atomic E-state index is 0.247. The third-order valence-corrected chi connectivity index (χ3v) is 3.30. The summed E-state index contributed by atoms with van der Waals surface area (Å²) in [5.41, 5.74) is 0.906. The molecule has 21 heavy (non-hydrogen) atoms. The maximum Gasteiger partial charge on any atom is 0.125 e. The molecule has 0 amide bonds. The van der Waals surface area contributed by atoms with Crippen LogP contribution in [0.5, 0.6) is 5.75 Å². The minimum Gasteiger partial charge on any atom is -0.491 e. The number of hydrogen-bond donors (Lipinski definition) is 2. The summed E-state index contributed by atoms with van der Waals surface area (Å²) in [5, 5.41) is 13.0. The molecule has 0 aliphatic carbocycles. The Labute approximate surface area is 132 Å². The van der Waals surface area contributed by atoms with Crippen LogP contribution in [0.3, 0.4) is 0 Å². The Morgan fingerprint density at radius 3 is 2.76 bits per heavy atom. The van der Waals surface area contributed by atoms with E-state index in [1.54, 1.807) is 6.20 Å². The molecule has 2 N–H and O–H groups in total. The van der Waals surface area contributed by atoms with Gasteiger partial charge in [0.2, 0.25) is 0 Å². The molecule has 2 rings (SSSR count). The van der Waals surface area contributed by atoms with Gasteiger partial charge in [-0.25, -0.2) is 9.97 Å². The number of halogens is 1. The van der Waals surface area contributed by atoms with E-state index in [1.165, 1.54) is 0 Å². The zero-order chi connectivity index (χ0) is 15.1. The van der Waals surface area contributed by atoms with Crippen molar-refractivity contribution >= 4 is 15.9 Å². The van der Waals surface area contributed by atoms with Crippen LogP contribution in [0.15, 0.2) is 41.0 Å². The molecule has 0 spiro atoms. The second-order valence-corrected chi connectivity index (χ2v) is 5.56. The van der Waals surface area contributed by atoms with E-state index in [0.29, 0.717) is 13.1 Å². The predicted octanol–water partition coefficient (Wildman–Crippen LogP) is 2.08. The Morgan fingerprint density at radius 1 is 1.29 bits per heavy atom. The highest BCUT2D eigenvalue weighted by molar-refractivity contribution is 9.10. The zero-order valence-electron chi connectivity index (χ0n) is 11.8. The Kier molecular flexibility index (Phi) is 6.10. The Hall–Kier alpha value is -1.50. The summed E-state index contributed by atoms with van der Waals surface area (Å²) in [6, 6.07) is 9.36. The van der Waals surface area contributed by atoms with E-state index in [9.17, 15) is 5.11 Å². The number of aryl methyl sites for hydroxylation is 1. The Bertz CT molecular complexity index is 563. The maximum absolute atomic E-state index is 9.87. The van der Waals surface area contributed by atoms with E-state index in [2.05, 4.69) is 31.2 Å². The van der Waals surface area contributed by atoms with Gasteiger partial charge in [0.15, 0.2) is 0 Å². The second-order valence-electron chi connectivity index (χ2n) is 4.64. The zero-order valence-corrected chi connectivity index (χ0v) is 13.4. The first-order chi connectivity index (χ1) is 10.1. The molecule has 1 aromatic heterocycles. The lowest BCUT2D eigenvalue weighted by molar-refractivity contribution is 0.106. The van der Waals surface area contributed by atoms with Gasteiger partial charge >= 0.3 is 0 Å². The minimum atomic E-state index is -0.573. The van der Waals surface area contributed by atoms with Crippen molar-refractivity contribution in [2.75, 3.05) is 13.2 Å². The SMILES string of the molecule is Cc1nccc(CNCC(O)COc2ccc(Br)cc2)n1. The molecule has 0 saturated carbocycles. The highest BCUT2D eigenvalue weighted by atomic mass is 79.9. The standard InChI is InChI=1S/C15H18BrN3O2/c1-11-18-7-6-13(19-11)8-17-9-14(20)10-21-15-4-2-12(16)3-5-15/h2-7,14,17,20H,8-10H2,1H3. The van der Waals surface area contributed by atoms with Gasteiger partial charge in [-0.2, -0.15) is 0 Å². The summed E-state index contributed by atoms with van der Waals surface area (Å²) in [6.45, 7) is 3.14. The van der Waals surface area contributed by atoms with Gasteiger partial charge in [0.25, 0.3) is 0 Å². The van der Waals surface area contributed by atoms with E-state index in [4.69, 9.17) is 4.74 Å². The predicted molar refractivity (Wildman–Crippen MR) is 84.1 cm³/mol. The lowest BCUT2D eigenvalue weighted by Gasteiger charge is -2.13. The fourth-order valence-corrected chi connectivity index (χ4v) is 2.02. The van der Waals surface area contributed by atoms with E-state index >= 15 is 0 Å². The fraction of sp³-hybridized carbons (Fsp3) is 0.333. The number of hydrogen-bond acceptors (Lipinski definition) is 5. The van der Waals surface area contributed by atoms with Crippen molar-refractivity contribution in [2.45, 2.75) is 19.6 Å².